The molecular weight excluding hydrogens is 386 g/mol. The topological polar surface area (TPSA) is 46.9 Å². The van der Waals surface area contributed by atoms with Crippen LogP contribution in [0.25, 0.3) is 0 Å². The molecule has 1 fully saturated rings. The van der Waals surface area contributed by atoms with Gasteiger partial charge in [-0.2, -0.15) is 18.3 Å². The summed E-state index contributed by atoms with van der Waals surface area (Å²) in [6.45, 7) is 6.55. The van der Waals surface area contributed by atoms with Gasteiger partial charge >= 0.3 is 6.18 Å². The summed E-state index contributed by atoms with van der Waals surface area (Å²) in [6, 6.07) is 3.52. The first-order valence-corrected chi connectivity index (χ1v) is 9.71. The second-order valence-electron chi connectivity index (χ2n) is 8.64. The highest BCUT2D eigenvalue weighted by Gasteiger charge is 2.32. The van der Waals surface area contributed by atoms with E-state index in [0.29, 0.717) is 36.5 Å². The summed E-state index contributed by atoms with van der Waals surface area (Å²) in [7, 11) is 0. The number of amides is 1. The van der Waals surface area contributed by atoms with E-state index in [1.807, 2.05) is 20.8 Å². The Balaban J connectivity index is 1.90. The zero-order valence-electron chi connectivity index (χ0n) is 16.7. The van der Waals surface area contributed by atoms with Gasteiger partial charge < -0.3 is 5.32 Å². The number of alkyl halides is 3. The number of aromatic nitrogens is 2. The van der Waals surface area contributed by atoms with E-state index in [4.69, 9.17) is 0 Å². The second kappa shape index (κ2) is 7.80. The zero-order valence-corrected chi connectivity index (χ0v) is 16.7. The van der Waals surface area contributed by atoms with Gasteiger partial charge in [0.05, 0.1) is 16.8 Å². The third-order valence-electron chi connectivity index (χ3n) is 5.23. The maximum Gasteiger partial charge on any atom is 0.416 e. The number of benzene rings is 1. The quantitative estimate of drug-likeness (QED) is 0.648. The largest absolute Gasteiger partial charge is 0.416 e. The molecule has 1 N–H and O–H groups in total. The molecule has 1 aromatic carbocycles. The van der Waals surface area contributed by atoms with Crippen LogP contribution in [0.15, 0.2) is 24.3 Å². The van der Waals surface area contributed by atoms with E-state index in [-0.39, 0.29) is 5.41 Å². The molecule has 2 aromatic rings. The van der Waals surface area contributed by atoms with Crippen molar-refractivity contribution in [1.82, 2.24) is 9.78 Å². The van der Waals surface area contributed by atoms with Gasteiger partial charge in [-0.1, -0.05) is 33.6 Å². The summed E-state index contributed by atoms with van der Waals surface area (Å²) in [6.07, 6.45) is -0.225. The third-order valence-corrected chi connectivity index (χ3v) is 5.23. The zero-order chi connectivity index (χ0) is 21.4. The molecule has 1 amide bonds. The van der Waals surface area contributed by atoms with Crippen molar-refractivity contribution in [3.05, 3.63) is 46.9 Å². The number of halogens is 4. The molecule has 1 saturated carbocycles. The van der Waals surface area contributed by atoms with E-state index >= 15 is 0 Å². The Hall–Kier alpha value is -2.38. The van der Waals surface area contributed by atoms with Crippen LogP contribution in [0.2, 0.25) is 0 Å². The van der Waals surface area contributed by atoms with Crippen LogP contribution >= 0.6 is 0 Å². The van der Waals surface area contributed by atoms with Gasteiger partial charge in [0.15, 0.2) is 0 Å². The highest BCUT2D eigenvalue weighted by atomic mass is 19.4. The summed E-state index contributed by atoms with van der Waals surface area (Å²) in [5.74, 6) is -1.14. The number of nitrogens with zero attached hydrogens (tertiary/aromatic N) is 2. The predicted octanol–water partition coefficient (Wildman–Crippen LogP) is 5.78. The minimum Gasteiger partial charge on any atom is -0.307 e. The Morgan fingerprint density at radius 1 is 1.17 bits per heavy atom. The van der Waals surface area contributed by atoms with Crippen molar-refractivity contribution in [3.63, 3.8) is 0 Å². The predicted molar refractivity (Wildman–Crippen MR) is 102 cm³/mol. The molecule has 1 aliphatic rings. The molecule has 0 saturated heterocycles. The molecule has 1 aromatic heterocycles. The molecule has 0 atom stereocenters. The van der Waals surface area contributed by atoms with Crippen LogP contribution in [0.5, 0.6) is 0 Å². The van der Waals surface area contributed by atoms with Crippen molar-refractivity contribution < 1.29 is 22.4 Å². The SMILES string of the molecule is CC(C)(C)c1cc(NC(=O)c2cc(C(F)(F)F)ccc2F)n(CC2CCCC2)n1. The van der Waals surface area contributed by atoms with Crippen LogP contribution in [-0.2, 0) is 18.1 Å². The van der Waals surface area contributed by atoms with Crippen LogP contribution in [0, 0.1) is 11.7 Å². The number of carbonyl (C=O) groups excluding carboxylic acids is 1. The molecule has 1 heterocycles. The number of anilines is 1. The number of hydrogen-bond donors (Lipinski definition) is 1. The van der Waals surface area contributed by atoms with Crippen LogP contribution in [0.1, 0.15) is 68.1 Å². The molecule has 0 unspecified atom stereocenters. The van der Waals surface area contributed by atoms with Crippen molar-refractivity contribution in [2.24, 2.45) is 5.92 Å². The summed E-state index contributed by atoms with van der Waals surface area (Å²) in [5.41, 5.74) is -1.25. The van der Waals surface area contributed by atoms with Gasteiger partial charge in [-0.15, -0.1) is 0 Å². The normalized spacial score (nSPS) is 15.7. The highest BCUT2D eigenvalue weighted by Crippen LogP contribution is 2.32. The number of hydrogen-bond acceptors (Lipinski definition) is 2. The third kappa shape index (κ3) is 4.97. The smallest absolute Gasteiger partial charge is 0.307 e. The van der Waals surface area contributed by atoms with E-state index in [1.165, 1.54) is 0 Å². The summed E-state index contributed by atoms with van der Waals surface area (Å²) in [4.78, 5) is 12.6. The number of rotatable bonds is 4. The summed E-state index contributed by atoms with van der Waals surface area (Å²) < 4.78 is 54.6. The first-order chi connectivity index (χ1) is 13.4. The van der Waals surface area contributed by atoms with Gasteiger partial charge in [-0.05, 0) is 37.0 Å². The van der Waals surface area contributed by atoms with Crippen LogP contribution in [0.3, 0.4) is 0 Å². The van der Waals surface area contributed by atoms with Gasteiger partial charge in [0.1, 0.15) is 11.6 Å². The first kappa shape index (κ1) is 21.3. The average molecular weight is 411 g/mol. The fourth-order valence-electron chi connectivity index (χ4n) is 3.52. The Labute approximate surface area is 167 Å². The first-order valence-electron chi connectivity index (χ1n) is 9.71. The molecular formula is C21H25F4N3O. The summed E-state index contributed by atoms with van der Waals surface area (Å²) >= 11 is 0. The van der Waals surface area contributed by atoms with Crippen LogP contribution in [0.4, 0.5) is 23.4 Å². The lowest BCUT2D eigenvalue weighted by Gasteiger charge is -2.15. The number of nitrogens with one attached hydrogen (secondary N) is 1. The summed E-state index contributed by atoms with van der Waals surface area (Å²) in [5, 5.41) is 7.17. The van der Waals surface area contributed by atoms with E-state index in [9.17, 15) is 22.4 Å². The molecule has 29 heavy (non-hydrogen) atoms. The molecule has 8 heteroatoms. The Bertz CT molecular complexity index is 890. The van der Waals surface area contributed by atoms with Crippen molar-refractivity contribution >= 4 is 11.7 Å². The lowest BCUT2D eigenvalue weighted by molar-refractivity contribution is -0.137. The van der Waals surface area contributed by atoms with E-state index in [0.717, 1.165) is 31.4 Å². The molecule has 1 aliphatic carbocycles. The van der Waals surface area contributed by atoms with E-state index in [1.54, 1.807) is 10.7 Å². The lowest BCUT2D eigenvalue weighted by Crippen LogP contribution is -2.20. The molecule has 3 rings (SSSR count). The highest BCUT2D eigenvalue weighted by molar-refractivity contribution is 6.04. The molecule has 0 radical (unpaired) electrons. The molecule has 4 nitrogen and oxygen atoms in total. The molecule has 158 valence electrons. The molecule has 0 bridgehead atoms. The average Bonchev–Trinajstić information content (AvgIpc) is 3.24. The fraction of sp³-hybridized carbons (Fsp3) is 0.524. The standard InChI is InChI=1S/C21H25F4N3O/c1-20(2,3)17-11-18(28(27-17)12-13-6-4-5-7-13)26-19(29)15-10-14(21(23,24)25)8-9-16(15)22/h8-11,13H,4-7,12H2,1-3H3,(H,26,29). The Kier molecular flexibility index (Phi) is 5.74. The van der Waals surface area contributed by atoms with Gasteiger partial charge in [-0.3, -0.25) is 4.79 Å². The number of carbonyl (C=O) groups is 1. The maximum absolute atomic E-state index is 14.1. The van der Waals surface area contributed by atoms with Gasteiger partial charge in [0.2, 0.25) is 0 Å². The van der Waals surface area contributed by atoms with Crippen LogP contribution < -0.4 is 5.32 Å². The van der Waals surface area contributed by atoms with E-state index < -0.39 is 29.0 Å². The Morgan fingerprint density at radius 2 is 1.83 bits per heavy atom. The second-order valence-corrected chi connectivity index (χ2v) is 8.64. The molecule has 0 aliphatic heterocycles. The maximum atomic E-state index is 14.1. The van der Waals surface area contributed by atoms with Gasteiger partial charge in [-0.25, -0.2) is 9.07 Å². The van der Waals surface area contributed by atoms with Crippen molar-refractivity contribution in [3.8, 4) is 0 Å². The molecule has 0 spiro atoms. The van der Waals surface area contributed by atoms with Crippen molar-refractivity contribution in [2.45, 2.75) is 64.6 Å². The van der Waals surface area contributed by atoms with Crippen LogP contribution in [-0.4, -0.2) is 15.7 Å². The fourth-order valence-corrected chi connectivity index (χ4v) is 3.52. The van der Waals surface area contributed by atoms with E-state index in [2.05, 4.69) is 10.4 Å². The van der Waals surface area contributed by atoms with Gasteiger partial charge in [0, 0.05) is 18.0 Å². The van der Waals surface area contributed by atoms with Crippen molar-refractivity contribution in [2.75, 3.05) is 5.32 Å². The van der Waals surface area contributed by atoms with Gasteiger partial charge in [0.25, 0.3) is 5.91 Å². The Morgan fingerprint density at radius 3 is 2.41 bits per heavy atom. The lowest BCUT2D eigenvalue weighted by atomic mass is 9.92. The monoisotopic (exact) mass is 411 g/mol. The minimum atomic E-state index is -4.66. The van der Waals surface area contributed by atoms with Crippen molar-refractivity contribution in [1.29, 1.82) is 0 Å². The minimum absolute atomic E-state index is 0.276.